The molecule has 0 saturated carbocycles. The third-order valence-corrected chi connectivity index (χ3v) is 6.29. The van der Waals surface area contributed by atoms with Gasteiger partial charge in [0.2, 0.25) is 0 Å². The zero-order valence-electron chi connectivity index (χ0n) is 10.7. The topological polar surface area (TPSA) is 12.5 Å². The number of hydrogen-bond donors (Lipinski definition) is 0. The highest BCUT2D eigenvalue weighted by atomic mass is 28.3. The lowest BCUT2D eigenvalue weighted by Gasteiger charge is -2.34. The minimum atomic E-state index is -1.19. The van der Waals surface area contributed by atoms with Gasteiger partial charge in [-0.3, -0.25) is 0 Å². The van der Waals surface area contributed by atoms with Crippen LogP contribution < -0.4 is 0 Å². The predicted molar refractivity (Wildman–Crippen MR) is 71.4 cm³/mol. The van der Waals surface area contributed by atoms with Crippen LogP contribution in [-0.2, 0) is 4.74 Å². The molecule has 2 heteroatoms. The molecule has 1 aliphatic rings. The molecule has 1 nitrogen and oxygen atoms in total. The van der Waals surface area contributed by atoms with Crippen molar-refractivity contribution in [1.29, 1.82) is 0 Å². The molecule has 1 heterocycles. The third kappa shape index (κ3) is 2.55. The third-order valence-electron chi connectivity index (χ3n) is 3.56. The molecular formula is C14H22OSi. The number of epoxide rings is 1. The van der Waals surface area contributed by atoms with Gasteiger partial charge in [-0.15, -0.1) is 0 Å². The zero-order chi connectivity index (χ0) is 11.8. The number of hydrogen-bond acceptors (Lipinski definition) is 1. The van der Waals surface area contributed by atoms with Crippen LogP contribution in [0.1, 0.15) is 18.0 Å². The first-order chi connectivity index (χ1) is 7.50. The van der Waals surface area contributed by atoms with Gasteiger partial charge in [0.25, 0.3) is 0 Å². The van der Waals surface area contributed by atoms with Crippen LogP contribution in [-0.4, -0.2) is 20.8 Å². The summed E-state index contributed by atoms with van der Waals surface area (Å²) in [5, 5.41) is 0. The Morgan fingerprint density at radius 1 is 1.19 bits per heavy atom. The molecule has 3 atom stereocenters. The lowest BCUT2D eigenvalue weighted by atomic mass is 9.97. The molecule has 1 aromatic rings. The largest absolute Gasteiger partial charge is 0.373 e. The van der Waals surface area contributed by atoms with E-state index in [9.17, 15) is 0 Å². The van der Waals surface area contributed by atoms with Gasteiger partial charge in [0.1, 0.15) is 0 Å². The van der Waals surface area contributed by atoms with Crippen LogP contribution in [0.4, 0.5) is 0 Å². The molecule has 0 aromatic heterocycles. The normalized spacial score (nSPS) is 23.9. The van der Waals surface area contributed by atoms with Crippen molar-refractivity contribution in [3.63, 3.8) is 0 Å². The fraction of sp³-hybridized carbons (Fsp3) is 0.571. The van der Waals surface area contributed by atoms with E-state index in [1.165, 1.54) is 5.56 Å². The van der Waals surface area contributed by atoms with E-state index in [0.29, 0.717) is 17.6 Å². The zero-order valence-corrected chi connectivity index (χ0v) is 11.7. The second kappa shape index (κ2) is 4.34. The lowest BCUT2D eigenvalue weighted by molar-refractivity contribution is 0.333. The van der Waals surface area contributed by atoms with E-state index in [1.54, 1.807) is 0 Å². The van der Waals surface area contributed by atoms with E-state index >= 15 is 0 Å². The fourth-order valence-corrected chi connectivity index (χ4v) is 5.81. The molecule has 16 heavy (non-hydrogen) atoms. The van der Waals surface area contributed by atoms with E-state index in [0.717, 1.165) is 6.61 Å². The molecule has 1 saturated heterocycles. The van der Waals surface area contributed by atoms with E-state index in [4.69, 9.17) is 4.74 Å². The van der Waals surface area contributed by atoms with Crippen molar-refractivity contribution in [2.45, 2.75) is 38.2 Å². The summed E-state index contributed by atoms with van der Waals surface area (Å²) in [6.45, 7) is 10.7. The summed E-state index contributed by atoms with van der Waals surface area (Å²) < 4.78 is 5.49. The Hall–Kier alpha value is -0.603. The monoisotopic (exact) mass is 234 g/mol. The molecule has 0 amide bonds. The van der Waals surface area contributed by atoms with E-state index in [1.807, 2.05) is 0 Å². The van der Waals surface area contributed by atoms with Crippen LogP contribution in [0.15, 0.2) is 30.3 Å². The van der Waals surface area contributed by atoms with Crippen LogP contribution >= 0.6 is 0 Å². The van der Waals surface area contributed by atoms with Crippen LogP contribution in [0.3, 0.4) is 0 Å². The van der Waals surface area contributed by atoms with Crippen molar-refractivity contribution in [3.8, 4) is 0 Å². The maximum Gasteiger partial charge on any atom is 0.0838 e. The van der Waals surface area contributed by atoms with Gasteiger partial charge in [0.05, 0.1) is 20.8 Å². The first-order valence-corrected chi connectivity index (χ1v) is 9.74. The standard InChI is InChI=1S/C14H22OSi/c1-11(13-10-15-13)14(16(2,3)4)12-8-6-5-7-9-12/h5-9,11,13-14H,10H2,1-4H3/t11-,13+,14-/m1/s1. The van der Waals surface area contributed by atoms with Gasteiger partial charge < -0.3 is 4.74 Å². The molecular weight excluding hydrogens is 212 g/mol. The molecule has 0 aliphatic carbocycles. The minimum Gasteiger partial charge on any atom is -0.373 e. The highest BCUT2D eigenvalue weighted by Crippen LogP contribution is 2.39. The second-order valence-electron chi connectivity index (χ2n) is 5.99. The Balaban J connectivity index is 2.27. The minimum absolute atomic E-state index is 0.511. The SMILES string of the molecule is C[C@H]([C@@H]1CO1)[C@H](c1ccccc1)[Si](C)(C)C. The molecule has 0 spiro atoms. The molecule has 1 aliphatic heterocycles. The maximum atomic E-state index is 5.49. The summed E-state index contributed by atoms with van der Waals surface area (Å²) in [7, 11) is -1.19. The Morgan fingerprint density at radius 3 is 2.19 bits per heavy atom. The lowest BCUT2D eigenvalue weighted by Crippen LogP contribution is -2.37. The number of benzene rings is 1. The average molecular weight is 234 g/mol. The average Bonchev–Trinajstić information content (AvgIpc) is 3.00. The Labute approximate surface area is 99.8 Å². The van der Waals surface area contributed by atoms with Crippen molar-refractivity contribution in [1.82, 2.24) is 0 Å². The van der Waals surface area contributed by atoms with Crippen molar-refractivity contribution in [2.75, 3.05) is 6.61 Å². The molecule has 88 valence electrons. The Kier molecular flexibility index (Phi) is 3.22. The first-order valence-electron chi connectivity index (χ1n) is 6.16. The molecule has 0 radical (unpaired) electrons. The van der Waals surface area contributed by atoms with E-state index in [2.05, 4.69) is 56.9 Å². The van der Waals surface area contributed by atoms with Crippen LogP contribution in [0.2, 0.25) is 19.6 Å². The van der Waals surface area contributed by atoms with Gasteiger partial charge in [-0.25, -0.2) is 0 Å². The molecule has 0 N–H and O–H groups in total. The number of rotatable bonds is 4. The summed E-state index contributed by atoms with van der Waals surface area (Å²) in [6, 6.07) is 11.0. The van der Waals surface area contributed by atoms with Crippen molar-refractivity contribution in [3.05, 3.63) is 35.9 Å². The van der Waals surface area contributed by atoms with Gasteiger partial charge >= 0.3 is 0 Å². The molecule has 2 rings (SSSR count). The van der Waals surface area contributed by atoms with Crippen molar-refractivity contribution in [2.24, 2.45) is 5.92 Å². The smallest absolute Gasteiger partial charge is 0.0838 e. The van der Waals surface area contributed by atoms with Gasteiger partial charge in [0.15, 0.2) is 0 Å². The first kappa shape index (κ1) is 11.9. The fourth-order valence-electron chi connectivity index (χ4n) is 2.83. The molecule has 0 bridgehead atoms. The van der Waals surface area contributed by atoms with Gasteiger partial charge in [-0.1, -0.05) is 56.9 Å². The van der Waals surface area contributed by atoms with Crippen LogP contribution in [0.25, 0.3) is 0 Å². The molecule has 1 fully saturated rings. The van der Waals surface area contributed by atoms with Crippen LogP contribution in [0, 0.1) is 5.92 Å². The van der Waals surface area contributed by atoms with Crippen molar-refractivity contribution < 1.29 is 4.74 Å². The van der Waals surface area contributed by atoms with E-state index < -0.39 is 8.07 Å². The van der Waals surface area contributed by atoms with E-state index in [-0.39, 0.29) is 0 Å². The highest BCUT2D eigenvalue weighted by molar-refractivity contribution is 6.77. The highest BCUT2D eigenvalue weighted by Gasteiger charge is 2.41. The quantitative estimate of drug-likeness (QED) is 0.572. The second-order valence-corrected chi connectivity index (χ2v) is 11.3. The van der Waals surface area contributed by atoms with Gasteiger partial charge in [-0.2, -0.15) is 0 Å². The Morgan fingerprint density at radius 2 is 1.75 bits per heavy atom. The molecule has 1 aromatic carbocycles. The maximum absolute atomic E-state index is 5.49. The number of ether oxygens (including phenoxy) is 1. The summed E-state index contributed by atoms with van der Waals surface area (Å²) >= 11 is 0. The Bertz CT molecular complexity index is 338. The van der Waals surface area contributed by atoms with Gasteiger partial charge in [0, 0.05) is 0 Å². The summed E-state index contributed by atoms with van der Waals surface area (Å²) in [5.41, 5.74) is 2.21. The summed E-state index contributed by atoms with van der Waals surface area (Å²) in [6.07, 6.45) is 0.511. The predicted octanol–water partition coefficient (Wildman–Crippen LogP) is 3.68. The molecule has 0 unspecified atom stereocenters. The van der Waals surface area contributed by atoms with Crippen LogP contribution in [0.5, 0.6) is 0 Å². The summed E-state index contributed by atoms with van der Waals surface area (Å²) in [5.74, 6) is 0.661. The van der Waals surface area contributed by atoms with Crippen molar-refractivity contribution >= 4 is 8.07 Å². The summed E-state index contributed by atoms with van der Waals surface area (Å²) in [4.78, 5) is 0. The van der Waals surface area contributed by atoms with Gasteiger partial charge in [-0.05, 0) is 17.0 Å².